The number of aryl methyl sites for hydroxylation is 3. The van der Waals surface area contributed by atoms with Gasteiger partial charge in [-0.2, -0.15) is 16.9 Å². The Kier molecular flexibility index (Phi) is 11.9. The number of halogens is 1. The third kappa shape index (κ3) is 8.55. The van der Waals surface area contributed by atoms with Crippen molar-refractivity contribution in [1.82, 2.24) is 20.4 Å². The second-order valence-corrected chi connectivity index (χ2v) is 5.67. The highest BCUT2D eigenvalue weighted by atomic mass is 127. The molecule has 0 aliphatic rings. The minimum Gasteiger partial charge on any atom is -0.357 e. The summed E-state index contributed by atoms with van der Waals surface area (Å²) < 4.78 is 2.05. The van der Waals surface area contributed by atoms with E-state index in [1.807, 2.05) is 18.7 Å². The van der Waals surface area contributed by atoms with Crippen LogP contribution in [0.1, 0.15) is 24.7 Å². The molecular weight excluding hydrogens is 397 g/mol. The maximum Gasteiger partial charge on any atom is 0.191 e. The fourth-order valence-corrected chi connectivity index (χ4v) is 2.23. The molecule has 1 heterocycles. The molecule has 0 bridgehead atoms. The van der Waals surface area contributed by atoms with Crippen LogP contribution in [0.4, 0.5) is 0 Å². The summed E-state index contributed by atoms with van der Waals surface area (Å²) in [5.41, 5.74) is 2.30. The average molecular weight is 425 g/mol. The lowest BCUT2D eigenvalue weighted by molar-refractivity contribution is 0.567. The first-order valence-electron chi connectivity index (χ1n) is 7.19. The van der Waals surface area contributed by atoms with Crippen molar-refractivity contribution in [3.8, 4) is 0 Å². The number of guanidine groups is 1. The van der Waals surface area contributed by atoms with Crippen LogP contribution >= 0.6 is 35.7 Å². The van der Waals surface area contributed by atoms with Gasteiger partial charge in [-0.05, 0) is 39.5 Å². The summed E-state index contributed by atoms with van der Waals surface area (Å²) in [6, 6.07) is 2.11. The SMILES string of the molecule is CCNC(=NCCCn1nc(C)cc1C)NCCSC.I. The smallest absolute Gasteiger partial charge is 0.191 e. The number of hydrogen-bond acceptors (Lipinski definition) is 3. The highest BCUT2D eigenvalue weighted by Crippen LogP contribution is 2.02. The van der Waals surface area contributed by atoms with E-state index in [9.17, 15) is 0 Å². The lowest BCUT2D eigenvalue weighted by Gasteiger charge is -2.10. The molecule has 1 aromatic rings. The van der Waals surface area contributed by atoms with Crippen LogP contribution in [-0.2, 0) is 6.54 Å². The van der Waals surface area contributed by atoms with Gasteiger partial charge in [-0.1, -0.05) is 0 Å². The molecule has 0 spiro atoms. The van der Waals surface area contributed by atoms with Crippen LogP contribution in [0.5, 0.6) is 0 Å². The first kappa shape index (κ1) is 20.6. The predicted octanol–water partition coefficient (Wildman–Crippen LogP) is 2.43. The van der Waals surface area contributed by atoms with E-state index in [0.29, 0.717) is 0 Å². The lowest BCUT2D eigenvalue weighted by atomic mass is 10.4. The van der Waals surface area contributed by atoms with Crippen molar-refractivity contribution in [3.63, 3.8) is 0 Å². The highest BCUT2D eigenvalue weighted by molar-refractivity contribution is 14.0. The van der Waals surface area contributed by atoms with E-state index in [4.69, 9.17) is 0 Å². The number of hydrogen-bond donors (Lipinski definition) is 2. The molecule has 0 saturated heterocycles. The van der Waals surface area contributed by atoms with Gasteiger partial charge in [0.2, 0.25) is 0 Å². The van der Waals surface area contributed by atoms with E-state index < -0.39 is 0 Å². The van der Waals surface area contributed by atoms with Gasteiger partial charge in [0.25, 0.3) is 0 Å². The Labute approximate surface area is 149 Å². The van der Waals surface area contributed by atoms with Crippen LogP contribution in [0.25, 0.3) is 0 Å². The number of nitrogens with zero attached hydrogens (tertiary/aromatic N) is 3. The molecule has 5 nitrogen and oxygen atoms in total. The second-order valence-electron chi connectivity index (χ2n) is 4.68. The third-order valence-corrected chi connectivity index (χ3v) is 3.46. The monoisotopic (exact) mass is 425 g/mol. The molecule has 1 aromatic heterocycles. The Bertz CT molecular complexity index is 419. The fraction of sp³-hybridized carbons (Fsp3) is 0.714. The van der Waals surface area contributed by atoms with Gasteiger partial charge in [0, 0.05) is 37.6 Å². The molecule has 122 valence electrons. The quantitative estimate of drug-likeness (QED) is 0.291. The molecule has 1 rings (SSSR count). The Morgan fingerprint density at radius 3 is 2.71 bits per heavy atom. The molecular formula is C14H28IN5S. The molecule has 0 amide bonds. The molecule has 0 aliphatic heterocycles. The van der Waals surface area contributed by atoms with Gasteiger partial charge in [-0.3, -0.25) is 9.67 Å². The van der Waals surface area contributed by atoms with Gasteiger partial charge in [0.15, 0.2) is 5.96 Å². The maximum atomic E-state index is 4.58. The highest BCUT2D eigenvalue weighted by Gasteiger charge is 2.00. The number of thioether (sulfide) groups is 1. The van der Waals surface area contributed by atoms with Gasteiger partial charge >= 0.3 is 0 Å². The van der Waals surface area contributed by atoms with Crippen molar-refractivity contribution >= 4 is 41.7 Å². The van der Waals surface area contributed by atoms with Crippen LogP contribution < -0.4 is 10.6 Å². The normalized spacial score (nSPS) is 11.1. The van der Waals surface area contributed by atoms with E-state index >= 15 is 0 Å². The van der Waals surface area contributed by atoms with Gasteiger partial charge in [0.1, 0.15) is 0 Å². The van der Waals surface area contributed by atoms with Crippen molar-refractivity contribution in [1.29, 1.82) is 0 Å². The molecule has 2 N–H and O–H groups in total. The minimum atomic E-state index is 0. The first-order valence-corrected chi connectivity index (χ1v) is 8.59. The zero-order valence-corrected chi connectivity index (χ0v) is 16.6. The van der Waals surface area contributed by atoms with Crippen LogP contribution in [0.15, 0.2) is 11.1 Å². The Balaban J connectivity index is 0.00000400. The van der Waals surface area contributed by atoms with E-state index in [1.54, 1.807) is 0 Å². The van der Waals surface area contributed by atoms with Gasteiger partial charge in [0.05, 0.1) is 5.69 Å². The zero-order valence-electron chi connectivity index (χ0n) is 13.5. The largest absolute Gasteiger partial charge is 0.357 e. The molecule has 7 heteroatoms. The molecule has 0 fully saturated rings. The van der Waals surface area contributed by atoms with Crippen molar-refractivity contribution in [2.45, 2.75) is 33.7 Å². The summed E-state index contributed by atoms with van der Waals surface area (Å²) in [6.07, 6.45) is 3.11. The van der Waals surface area contributed by atoms with Crippen molar-refractivity contribution in [2.24, 2.45) is 4.99 Å². The number of rotatable bonds is 8. The zero-order chi connectivity index (χ0) is 14.8. The summed E-state index contributed by atoms with van der Waals surface area (Å²) in [7, 11) is 0. The molecule has 0 radical (unpaired) electrons. The number of nitrogens with one attached hydrogen (secondary N) is 2. The standard InChI is InChI=1S/C14H27N5S.HI/c1-5-15-14(17-8-10-20-4)16-7-6-9-19-13(3)11-12(2)18-19;/h11H,5-10H2,1-4H3,(H2,15,16,17);1H. The Morgan fingerprint density at radius 2 is 2.14 bits per heavy atom. The number of aliphatic imine (C=N–C) groups is 1. The molecule has 0 saturated carbocycles. The first-order chi connectivity index (χ1) is 9.67. The lowest BCUT2D eigenvalue weighted by Crippen LogP contribution is -2.38. The Hall–Kier alpha value is -0.440. The van der Waals surface area contributed by atoms with E-state index in [-0.39, 0.29) is 24.0 Å². The fourth-order valence-electron chi connectivity index (χ4n) is 1.93. The van der Waals surface area contributed by atoms with Gasteiger partial charge < -0.3 is 10.6 Å². The van der Waals surface area contributed by atoms with Gasteiger partial charge in [-0.15, -0.1) is 24.0 Å². The summed E-state index contributed by atoms with van der Waals surface area (Å²) in [5.74, 6) is 2.01. The second kappa shape index (κ2) is 12.1. The van der Waals surface area contributed by atoms with Crippen LogP contribution in [-0.4, -0.2) is 47.4 Å². The van der Waals surface area contributed by atoms with E-state index in [1.165, 1.54) is 5.69 Å². The van der Waals surface area contributed by atoms with Crippen molar-refractivity contribution in [3.05, 3.63) is 17.5 Å². The van der Waals surface area contributed by atoms with Gasteiger partial charge in [-0.25, -0.2) is 0 Å². The van der Waals surface area contributed by atoms with Crippen LogP contribution in [0.3, 0.4) is 0 Å². The number of aromatic nitrogens is 2. The summed E-state index contributed by atoms with van der Waals surface area (Å²) in [6.45, 7) is 9.78. The maximum absolute atomic E-state index is 4.58. The van der Waals surface area contributed by atoms with Crippen molar-refractivity contribution < 1.29 is 0 Å². The Morgan fingerprint density at radius 1 is 1.38 bits per heavy atom. The molecule has 0 aromatic carbocycles. The average Bonchev–Trinajstić information content (AvgIpc) is 2.73. The topological polar surface area (TPSA) is 54.2 Å². The minimum absolute atomic E-state index is 0. The van der Waals surface area contributed by atoms with E-state index in [0.717, 1.165) is 50.0 Å². The van der Waals surface area contributed by atoms with Crippen LogP contribution in [0.2, 0.25) is 0 Å². The summed E-state index contributed by atoms with van der Waals surface area (Å²) in [5, 5.41) is 11.1. The van der Waals surface area contributed by atoms with Crippen LogP contribution in [0, 0.1) is 13.8 Å². The van der Waals surface area contributed by atoms with Crippen molar-refractivity contribution in [2.75, 3.05) is 31.6 Å². The molecule has 21 heavy (non-hydrogen) atoms. The summed E-state index contributed by atoms with van der Waals surface area (Å²) in [4.78, 5) is 4.58. The van der Waals surface area contributed by atoms with E-state index in [2.05, 4.69) is 51.6 Å². The summed E-state index contributed by atoms with van der Waals surface area (Å²) >= 11 is 1.83. The third-order valence-electron chi connectivity index (χ3n) is 2.84. The molecule has 0 aliphatic carbocycles. The molecule has 0 atom stereocenters. The predicted molar refractivity (Wildman–Crippen MR) is 104 cm³/mol. The molecule has 0 unspecified atom stereocenters.